The third-order valence-corrected chi connectivity index (χ3v) is 3.99. The second-order valence-corrected chi connectivity index (χ2v) is 5.48. The molecule has 1 aromatic carbocycles. The topological polar surface area (TPSA) is 46.8 Å². The van der Waals surface area contributed by atoms with Crippen LogP contribution in [-0.2, 0) is 7.05 Å². The van der Waals surface area contributed by atoms with Gasteiger partial charge in [-0.15, -0.1) is 0 Å². The van der Waals surface area contributed by atoms with Gasteiger partial charge in [-0.25, -0.2) is 9.97 Å². The van der Waals surface area contributed by atoms with E-state index in [-0.39, 0.29) is 6.04 Å². The van der Waals surface area contributed by atoms with Crippen LogP contribution in [0.3, 0.4) is 0 Å². The summed E-state index contributed by atoms with van der Waals surface area (Å²) in [7, 11) is 3.89. The van der Waals surface area contributed by atoms with Crippen molar-refractivity contribution < 1.29 is 0 Å². The molecule has 1 atom stereocenters. The lowest BCUT2D eigenvalue weighted by Crippen LogP contribution is -2.23. The van der Waals surface area contributed by atoms with Gasteiger partial charge in [-0.3, -0.25) is 4.68 Å². The van der Waals surface area contributed by atoms with Crippen molar-refractivity contribution in [3.8, 4) is 0 Å². The molecule has 0 unspecified atom stereocenters. The average molecular weight is 302 g/mol. The van der Waals surface area contributed by atoms with Crippen molar-refractivity contribution in [2.24, 2.45) is 7.05 Å². The number of fused-ring (bicyclic) bond motifs is 1. The molecule has 0 spiro atoms. The predicted octanol–water partition coefficient (Wildman–Crippen LogP) is 3.21. The van der Waals surface area contributed by atoms with Gasteiger partial charge in [0.2, 0.25) is 0 Å². The highest BCUT2D eigenvalue weighted by Crippen LogP contribution is 2.29. The Bertz CT molecular complexity index is 783. The van der Waals surface area contributed by atoms with Gasteiger partial charge < -0.3 is 4.90 Å². The molecule has 0 amide bonds. The van der Waals surface area contributed by atoms with Crippen LogP contribution < -0.4 is 4.90 Å². The molecule has 3 rings (SSSR count). The maximum Gasteiger partial charge on any atom is 0.163 e. The second kappa shape index (κ2) is 5.33. The number of hydrogen-bond donors (Lipinski definition) is 0. The molecule has 0 bridgehead atoms. The van der Waals surface area contributed by atoms with Crippen molar-refractivity contribution in [1.29, 1.82) is 0 Å². The van der Waals surface area contributed by atoms with Gasteiger partial charge >= 0.3 is 0 Å². The van der Waals surface area contributed by atoms with E-state index >= 15 is 0 Å². The Kier molecular flexibility index (Phi) is 3.51. The van der Waals surface area contributed by atoms with Crippen LogP contribution in [0.25, 0.3) is 11.0 Å². The SMILES string of the molecule is C[C@H](c1cccc(Cl)c1)N(C)c1ncnc2c1cnn2C. The first-order valence-electron chi connectivity index (χ1n) is 6.69. The second-order valence-electron chi connectivity index (χ2n) is 5.04. The highest BCUT2D eigenvalue weighted by molar-refractivity contribution is 6.30. The van der Waals surface area contributed by atoms with Crippen LogP contribution in [0.4, 0.5) is 5.82 Å². The van der Waals surface area contributed by atoms with Gasteiger partial charge in [0.25, 0.3) is 0 Å². The third kappa shape index (κ3) is 2.45. The van der Waals surface area contributed by atoms with E-state index in [0.29, 0.717) is 0 Å². The van der Waals surface area contributed by atoms with E-state index < -0.39 is 0 Å². The molecular weight excluding hydrogens is 286 g/mol. The summed E-state index contributed by atoms with van der Waals surface area (Å²) in [4.78, 5) is 10.8. The summed E-state index contributed by atoms with van der Waals surface area (Å²) in [5, 5.41) is 5.93. The summed E-state index contributed by atoms with van der Waals surface area (Å²) in [5.74, 6) is 0.862. The van der Waals surface area contributed by atoms with Crippen molar-refractivity contribution in [2.75, 3.05) is 11.9 Å². The first-order chi connectivity index (χ1) is 10.1. The molecule has 0 aliphatic carbocycles. The molecule has 21 heavy (non-hydrogen) atoms. The zero-order chi connectivity index (χ0) is 15.0. The van der Waals surface area contributed by atoms with Crippen LogP contribution in [0.2, 0.25) is 5.02 Å². The lowest BCUT2D eigenvalue weighted by atomic mass is 10.1. The lowest BCUT2D eigenvalue weighted by molar-refractivity contribution is 0.730. The fourth-order valence-electron chi connectivity index (χ4n) is 2.40. The van der Waals surface area contributed by atoms with Gasteiger partial charge in [0.05, 0.1) is 17.6 Å². The fraction of sp³-hybridized carbons (Fsp3) is 0.267. The van der Waals surface area contributed by atoms with Crippen LogP contribution in [-0.4, -0.2) is 26.8 Å². The number of rotatable bonds is 3. The van der Waals surface area contributed by atoms with Gasteiger partial charge in [-0.2, -0.15) is 5.10 Å². The smallest absolute Gasteiger partial charge is 0.163 e. The molecule has 0 aliphatic rings. The molecule has 0 radical (unpaired) electrons. The Morgan fingerprint density at radius 2 is 2.10 bits per heavy atom. The van der Waals surface area contributed by atoms with Gasteiger partial charge in [-0.05, 0) is 24.6 Å². The Labute approximate surface area is 128 Å². The Morgan fingerprint density at radius 3 is 2.86 bits per heavy atom. The normalized spacial score (nSPS) is 12.6. The van der Waals surface area contributed by atoms with Crippen molar-refractivity contribution in [1.82, 2.24) is 19.7 Å². The summed E-state index contributed by atoms with van der Waals surface area (Å²) >= 11 is 6.08. The molecule has 0 N–H and O–H groups in total. The van der Waals surface area contributed by atoms with Crippen molar-refractivity contribution in [2.45, 2.75) is 13.0 Å². The first-order valence-corrected chi connectivity index (χ1v) is 7.06. The number of hydrogen-bond acceptors (Lipinski definition) is 4. The molecule has 5 nitrogen and oxygen atoms in total. The molecule has 0 saturated heterocycles. The minimum absolute atomic E-state index is 0.141. The number of anilines is 1. The van der Waals surface area contributed by atoms with E-state index in [1.165, 1.54) is 0 Å². The molecule has 0 saturated carbocycles. The Hall–Kier alpha value is -2.14. The molecule has 2 aromatic heterocycles. The highest BCUT2D eigenvalue weighted by atomic mass is 35.5. The summed E-state index contributed by atoms with van der Waals surface area (Å²) < 4.78 is 1.75. The van der Waals surface area contributed by atoms with Crippen molar-refractivity contribution in [3.05, 3.63) is 47.4 Å². The molecular formula is C15H16ClN5. The number of benzene rings is 1. The number of nitrogens with zero attached hydrogens (tertiary/aromatic N) is 5. The summed E-state index contributed by atoms with van der Waals surface area (Å²) in [6.45, 7) is 2.12. The zero-order valence-corrected chi connectivity index (χ0v) is 12.9. The lowest BCUT2D eigenvalue weighted by Gasteiger charge is -2.26. The monoisotopic (exact) mass is 301 g/mol. The molecule has 2 heterocycles. The number of aromatic nitrogens is 4. The van der Waals surface area contributed by atoms with Crippen LogP contribution >= 0.6 is 11.6 Å². The maximum absolute atomic E-state index is 6.08. The molecule has 6 heteroatoms. The van der Waals surface area contributed by atoms with Gasteiger partial charge in [0.15, 0.2) is 5.65 Å². The fourth-order valence-corrected chi connectivity index (χ4v) is 2.60. The number of aryl methyl sites for hydroxylation is 1. The van der Waals surface area contributed by atoms with Crippen LogP contribution in [0.5, 0.6) is 0 Å². The van der Waals surface area contributed by atoms with Gasteiger partial charge in [0.1, 0.15) is 12.1 Å². The Balaban J connectivity index is 2.02. The van der Waals surface area contributed by atoms with Gasteiger partial charge in [-0.1, -0.05) is 23.7 Å². The van der Waals surface area contributed by atoms with E-state index in [2.05, 4.69) is 33.0 Å². The van der Waals surface area contributed by atoms with Crippen LogP contribution in [0, 0.1) is 0 Å². The summed E-state index contributed by atoms with van der Waals surface area (Å²) in [6.07, 6.45) is 3.37. The van der Waals surface area contributed by atoms with Crippen molar-refractivity contribution in [3.63, 3.8) is 0 Å². The first kappa shape index (κ1) is 13.8. The maximum atomic E-state index is 6.08. The van der Waals surface area contributed by atoms with E-state index in [9.17, 15) is 0 Å². The summed E-state index contributed by atoms with van der Waals surface area (Å²) in [5.41, 5.74) is 1.96. The van der Waals surface area contributed by atoms with E-state index in [1.807, 2.05) is 32.3 Å². The largest absolute Gasteiger partial charge is 0.352 e. The van der Waals surface area contributed by atoms with Crippen molar-refractivity contribution >= 4 is 28.5 Å². The van der Waals surface area contributed by atoms with E-state index in [0.717, 1.165) is 27.4 Å². The van der Waals surface area contributed by atoms with E-state index in [1.54, 1.807) is 17.2 Å². The standard InChI is InChI=1S/C15H16ClN5/c1-10(11-5-4-6-12(16)7-11)20(2)14-13-8-19-21(3)15(13)18-9-17-14/h4-10H,1-3H3/t10-/m1/s1. The zero-order valence-electron chi connectivity index (χ0n) is 12.2. The third-order valence-electron chi connectivity index (χ3n) is 3.75. The molecule has 0 fully saturated rings. The number of halogens is 1. The van der Waals surface area contributed by atoms with E-state index in [4.69, 9.17) is 11.6 Å². The van der Waals surface area contributed by atoms with Crippen LogP contribution in [0.1, 0.15) is 18.5 Å². The van der Waals surface area contributed by atoms with Gasteiger partial charge in [0, 0.05) is 19.1 Å². The highest BCUT2D eigenvalue weighted by Gasteiger charge is 2.17. The molecule has 0 aliphatic heterocycles. The Morgan fingerprint density at radius 1 is 1.29 bits per heavy atom. The summed E-state index contributed by atoms with van der Waals surface area (Å²) in [6, 6.07) is 8.02. The quantitative estimate of drug-likeness (QED) is 0.745. The van der Waals surface area contributed by atoms with Crippen LogP contribution in [0.15, 0.2) is 36.8 Å². The molecule has 108 valence electrons. The minimum Gasteiger partial charge on any atom is -0.352 e. The average Bonchev–Trinajstić information content (AvgIpc) is 2.87. The molecule has 3 aromatic rings. The predicted molar refractivity (Wildman–Crippen MR) is 84.6 cm³/mol. The minimum atomic E-state index is 0.141.